The second kappa shape index (κ2) is 8.31. The first-order valence-corrected chi connectivity index (χ1v) is 11.3. The number of halogens is 2. The molecule has 1 saturated heterocycles. The molecule has 9 heteroatoms. The summed E-state index contributed by atoms with van der Waals surface area (Å²) >= 11 is 8.92. The molecule has 3 aromatic rings. The Bertz CT molecular complexity index is 1170. The molecule has 162 valence electrons. The van der Waals surface area contributed by atoms with Gasteiger partial charge in [0.25, 0.3) is 0 Å². The van der Waals surface area contributed by atoms with Crippen LogP contribution in [0.1, 0.15) is 20.8 Å². The lowest BCUT2D eigenvalue weighted by Gasteiger charge is -2.35. The molecule has 0 radical (unpaired) electrons. The Morgan fingerprint density at radius 2 is 2.06 bits per heavy atom. The Morgan fingerprint density at radius 1 is 1.29 bits per heavy atom. The van der Waals surface area contributed by atoms with Gasteiger partial charge in [0.1, 0.15) is 17.8 Å². The summed E-state index contributed by atoms with van der Waals surface area (Å²) in [6.07, 6.45) is 3.13. The van der Waals surface area contributed by atoms with Gasteiger partial charge in [-0.15, -0.1) is 0 Å². The van der Waals surface area contributed by atoms with Crippen molar-refractivity contribution in [1.82, 2.24) is 14.9 Å². The molecule has 0 saturated carbocycles. The molecule has 2 aromatic heterocycles. The molecule has 31 heavy (non-hydrogen) atoms. The normalized spacial score (nSPS) is 14.9. The predicted octanol–water partition coefficient (Wildman–Crippen LogP) is 5.07. The highest BCUT2D eigenvalue weighted by molar-refractivity contribution is 14.1. The van der Waals surface area contributed by atoms with Crippen molar-refractivity contribution in [2.24, 2.45) is 0 Å². The predicted molar refractivity (Wildman–Crippen MR) is 129 cm³/mol. The van der Waals surface area contributed by atoms with Crippen molar-refractivity contribution >= 4 is 62.9 Å². The van der Waals surface area contributed by atoms with Gasteiger partial charge in [0.05, 0.1) is 10.4 Å². The van der Waals surface area contributed by atoms with Crippen LogP contribution in [0, 0.1) is 3.57 Å². The van der Waals surface area contributed by atoms with E-state index in [-0.39, 0.29) is 12.5 Å². The van der Waals surface area contributed by atoms with E-state index in [0.717, 1.165) is 31.4 Å². The number of H-pyrrole nitrogens is 1. The molecule has 1 aromatic carbocycles. The van der Waals surface area contributed by atoms with Crippen LogP contribution in [0.25, 0.3) is 22.2 Å². The lowest BCUT2D eigenvalue weighted by Crippen LogP contribution is -2.53. The molecule has 0 spiro atoms. The Labute approximate surface area is 198 Å². The van der Waals surface area contributed by atoms with Crippen LogP contribution >= 0.6 is 34.2 Å². The number of aromatic nitrogens is 2. The minimum atomic E-state index is -0.600. The van der Waals surface area contributed by atoms with Gasteiger partial charge in [-0.1, -0.05) is 23.7 Å². The number of ether oxygens (including phenoxy) is 1. The summed E-state index contributed by atoms with van der Waals surface area (Å²) in [5, 5.41) is 1.50. The standard InChI is InChI=1S/C22H22ClIN4O3/c1-22(2,3)31-21(30)27-7-8-28(17(29)12-27)14-6-4-5-13(9-14)15-10-25-20-18(19(15)23)16(24)11-26-20/h4-6,9-11H,7-8,12H2,1-3H3,(H,25,26). The second-order valence-electron chi connectivity index (χ2n) is 8.34. The zero-order valence-electron chi connectivity index (χ0n) is 17.4. The Balaban J connectivity index is 1.57. The van der Waals surface area contributed by atoms with Crippen LogP contribution < -0.4 is 4.90 Å². The SMILES string of the molecule is CC(C)(C)OC(=O)N1CCN(c2cccc(-c3cnc4[nH]cc(I)c4c3Cl)c2)C(=O)C1. The number of carbonyl (C=O) groups is 2. The Hall–Kier alpha value is -2.33. The Morgan fingerprint density at radius 3 is 2.77 bits per heavy atom. The third-order valence-electron chi connectivity index (χ3n) is 4.93. The van der Waals surface area contributed by atoms with Crippen molar-refractivity contribution in [1.29, 1.82) is 0 Å². The van der Waals surface area contributed by atoms with Crippen molar-refractivity contribution in [3.8, 4) is 11.1 Å². The van der Waals surface area contributed by atoms with E-state index in [0.29, 0.717) is 18.1 Å². The fraction of sp³-hybridized carbons (Fsp3) is 0.318. The van der Waals surface area contributed by atoms with Gasteiger partial charge < -0.3 is 14.6 Å². The number of pyridine rings is 1. The van der Waals surface area contributed by atoms with Gasteiger partial charge in [-0.05, 0) is 61.1 Å². The molecule has 0 aliphatic carbocycles. The molecule has 0 unspecified atom stereocenters. The molecule has 1 aliphatic heterocycles. The van der Waals surface area contributed by atoms with Gasteiger partial charge in [0, 0.05) is 40.3 Å². The van der Waals surface area contributed by atoms with Gasteiger partial charge in [-0.2, -0.15) is 0 Å². The van der Waals surface area contributed by atoms with Crippen molar-refractivity contribution in [3.05, 3.63) is 45.3 Å². The molecular formula is C22H22ClIN4O3. The first-order chi connectivity index (χ1) is 14.6. The topological polar surface area (TPSA) is 78.5 Å². The number of fused-ring (bicyclic) bond motifs is 1. The summed E-state index contributed by atoms with van der Waals surface area (Å²) in [6.45, 7) is 6.19. The third kappa shape index (κ3) is 4.50. The summed E-state index contributed by atoms with van der Waals surface area (Å²) in [6, 6.07) is 7.64. The average molecular weight is 553 g/mol. The largest absolute Gasteiger partial charge is 0.444 e. The summed E-state index contributed by atoms with van der Waals surface area (Å²) in [5.41, 5.74) is 2.57. The number of benzene rings is 1. The quantitative estimate of drug-likeness (QED) is 0.450. The number of nitrogens with one attached hydrogen (secondary N) is 1. The summed E-state index contributed by atoms with van der Waals surface area (Å²) in [4.78, 5) is 35.8. The molecule has 0 atom stereocenters. The van der Waals surface area contributed by atoms with Crippen molar-refractivity contribution in [3.63, 3.8) is 0 Å². The highest BCUT2D eigenvalue weighted by Crippen LogP contribution is 2.36. The minimum absolute atomic E-state index is 0.0189. The van der Waals surface area contributed by atoms with E-state index in [1.807, 2.05) is 30.5 Å². The third-order valence-corrected chi connectivity index (χ3v) is 6.17. The number of carbonyl (C=O) groups excluding carboxylic acids is 2. The molecule has 4 rings (SSSR count). The maximum absolute atomic E-state index is 12.8. The van der Waals surface area contributed by atoms with E-state index in [1.54, 1.807) is 31.9 Å². The first-order valence-electron chi connectivity index (χ1n) is 9.84. The summed E-state index contributed by atoms with van der Waals surface area (Å²) < 4.78 is 6.38. The number of amides is 2. The highest BCUT2D eigenvalue weighted by atomic mass is 127. The average Bonchev–Trinajstić information content (AvgIpc) is 3.08. The zero-order chi connectivity index (χ0) is 22.3. The molecular weight excluding hydrogens is 531 g/mol. The van der Waals surface area contributed by atoms with Gasteiger partial charge in [-0.25, -0.2) is 9.78 Å². The van der Waals surface area contributed by atoms with Gasteiger partial charge >= 0.3 is 6.09 Å². The molecule has 1 aliphatic rings. The lowest BCUT2D eigenvalue weighted by molar-refractivity contribution is -0.121. The van der Waals surface area contributed by atoms with E-state index in [1.165, 1.54) is 4.90 Å². The number of hydrogen-bond acceptors (Lipinski definition) is 4. The second-order valence-corrected chi connectivity index (χ2v) is 9.88. The van der Waals surface area contributed by atoms with Gasteiger partial charge in [-0.3, -0.25) is 9.69 Å². The minimum Gasteiger partial charge on any atom is -0.444 e. The zero-order valence-corrected chi connectivity index (χ0v) is 20.3. The molecule has 1 N–H and O–H groups in total. The molecule has 0 bridgehead atoms. The van der Waals surface area contributed by atoms with Crippen LogP contribution in [-0.2, 0) is 9.53 Å². The lowest BCUT2D eigenvalue weighted by atomic mass is 10.1. The molecule has 1 fully saturated rings. The van der Waals surface area contributed by atoms with E-state index in [4.69, 9.17) is 16.3 Å². The van der Waals surface area contributed by atoms with Crippen LogP contribution in [0.15, 0.2) is 36.7 Å². The first kappa shape index (κ1) is 21.9. The maximum Gasteiger partial charge on any atom is 0.410 e. The number of rotatable bonds is 2. The van der Waals surface area contributed by atoms with Crippen LogP contribution in [0.5, 0.6) is 0 Å². The monoisotopic (exact) mass is 552 g/mol. The van der Waals surface area contributed by atoms with Crippen molar-refractivity contribution in [2.45, 2.75) is 26.4 Å². The van der Waals surface area contributed by atoms with Crippen LogP contribution in [-0.4, -0.2) is 52.1 Å². The smallest absolute Gasteiger partial charge is 0.410 e. The number of piperazine rings is 1. The fourth-order valence-corrected chi connectivity index (χ4v) is 4.68. The van der Waals surface area contributed by atoms with Gasteiger partial charge in [0.15, 0.2) is 0 Å². The molecule has 3 heterocycles. The van der Waals surface area contributed by atoms with E-state index in [9.17, 15) is 9.59 Å². The van der Waals surface area contributed by atoms with Gasteiger partial charge in [0.2, 0.25) is 5.91 Å². The summed E-state index contributed by atoms with van der Waals surface area (Å²) in [7, 11) is 0. The highest BCUT2D eigenvalue weighted by Gasteiger charge is 2.31. The fourth-order valence-electron chi connectivity index (χ4n) is 3.49. The number of anilines is 1. The van der Waals surface area contributed by atoms with E-state index in [2.05, 4.69) is 32.6 Å². The van der Waals surface area contributed by atoms with Crippen LogP contribution in [0.4, 0.5) is 10.5 Å². The van der Waals surface area contributed by atoms with E-state index >= 15 is 0 Å². The van der Waals surface area contributed by atoms with Crippen LogP contribution in [0.3, 0.4) is 0 Å². The number of hydrogen-bond donors (Lipinski definition) is 1. The molecule has 7 nitrogen and oxygen atoms in total. The number of aromatic amines is 1. The summed E-state index contributed by atoms with van der Waals surface area (Å²) in [5.74, 6) is -0.158. The molecule has 2 amide bonds. The Kier molecular flexibility index (Phi) is 5.87. The van der Waals surface area contributed by atoms with Crippen molar-refractivity contribution in [2.75, 3.05) is 24.5 Å². The van der Waals surface area contributed by atoms with E-state index < -0.39 is 11.7 Å². The maximum atomic E-state index is 12.8. The number of nitrogens with zero attached hydrogens (tertiary/aromatic N) is 3. The van der Waals surface area contributed by atoms with Crippen LogP contribution in [0.2, 0.25) is 5.02 Å². The van der Waals surface area contributed by atoms with Crippen molar-refractivity contribution < 1.29 is 14.3 Å².